The van der Waals surface area contributed by atoms with E-state index in [2.05, 4.69) is 22.4 Å². The fourth-order valence-electron chi connectivity index (χ4n) is 3.31. The van der Waals surface area contributed by atoms with Crippen molar-refractivity contribution < 1.29 is 9.32 Å². The molecule has 140 valence electrons. The number of benzene rings is 1. The van der Waals surface area contributed by atoms with Gasteiger partial charge < -0.3 is 14.7 Å². The number of rotatable bonds is 5. The number of carbonyl (C=O) groups is 1. The van der Waals surface area contributed by atoms with Crippen molar-refractivity contribution in [1.82, 2.24) is 15.0 Å². The van der Waals surface area contributed by atoms with E-state index in [0.717, 1.165) is 42.0 Å². The van der Waals surface area contributed by atoms with Gasteiger partial charge in [-0.1, -0.05) is 19.0 Å². The molecule has 6 heteroatoms. The van der Waals surface area contributed by atoms with Crippen LogP contribution < -0.4 is 5.32 Å². The van der Waals surface area contributed by atoms with Crippen molar-refractivity contribution in [2.45, 2.75) is 65.5 Å². The molecule has 2 heterocycles. The van der Waals surface area contributed by atoms with Gasteiger partial charge >= 0.3 is 0 Å². The fourth-order valence-corrected chi connectivity index (χ4v) is 3.31. The highest BCUT2D eigenvalue weighted by Gasteiger charge is 2.24. The minimum atomic E-state index is 0.130. The van der Waals surface area contributed by atoms with E-state index in [1.807, 2.05) is 43.9 Å². The average molecular weight is 356 g/mol. The first-order valence-electron chi connectivity index (χ1n) is 9.43. The molecule has 1 aliphatic heterocycles. The van der Waals surface area contributed by atoms with E-state index in [0.29, 0.717) is 18.5 Å². The third kappa shape index (κ3) is 4.06. The smallest absolute Gasteiger partial charge is 0.254 e. The summed E-state index contributed by atoms with van der Waals surface area (Å²) in [6, 6.07) is 6.13. The van der Waals surface area contributed by atoms with Gasteiger partial charge in [0.05, 0.1) is 6.54 Å². The second-order valence-corrected chi connectivity index (χ2v) is 7.43. The summed E-state index contributed by atoms with van der Waals surface area (Å²) < 4.78 is 5.26. The quantitative estimate of drug-likeness (QED) is 0.872. The summed E-state index contributed by atoms with van der Waals surface area (Å²) in [5, 5.41) is 7.29. The molecule has 0 unspecified atom stereocenters. The number of aryl methyl sites for hydroxylation is 1. The summed E-state index contributed by atoms with van der Waals surface area (Å²) >= 11 is 0. The van der Waals surface area contributed by atoms with E-state index in [1.54, 1.807) is 0 Å². The van der Waals surface area contributed by atoms with E-state index in [1.165, 1.54) is 6.42 Å². The first-order valence-corrected chi connectivity index (χ1v) is 9.43. The SMILES string of the molecule is Cc1cc(C(=O)N2CCCC[C@@H]2C)ccc1NCc1nc(C(C)C)no1. The lowest BCUT2D eigenvalue weighted by Gasteiger charge is -2.33. The molecule has 1 amide bonds. The summed E-state index contributed by atoms with van der Waals surface area (Å²) in [5.41, 5.74) is 2.75. The molecule has 26 heavy (non-hydrogen) atoms. The predicted octanol–water partition coefficient (Wildman–Crippen LogP) is 4.13. The summed E-state index contributed by atoms with van der Waals surface area (Å²) in [4.78, 5) is 19.2. The molecule has 1 aliphatic rings. The average Bonchev–Trinajstić information content (AvgIpc) is 3.10. The van der Waals surface area contributed by atoms with E-state index >= 15 is 0 Å². The van der Waals surface area contributed by atoms with E-state index in [-0.39, 0.29) is 11.8 Å². The van der Waals surface area contributed by atoms with Crippen LogP contribution in [0.25, 0.3) is 0 Å². The molecule has 0 spiro atoms. The minimum absolute atomic E-state index is 0.130. The molecule has 0 bridgehead atoms. The zero-order valence-corrected chi connectivity index (χ0v) is 16.1. The Balaban J connectivity index is 1.66. The summed E-state index contributed by atoms with van der Waals surface area (Å²) in [7, 11) is 0. The van der Waals surface area contributed by atoms with E-state index in [4.69, 9.17) is 4.52 Å². The third-order valence-electron chi connectivity index (χ3n) is 4.97. The number of amides is 1. The topological polar surface area (TPSA) is 71.3 Å². The number of piperidine rings is 1. The number of anilines is 1. The Hall–Kier alpha value is -2.37. The molecule has 1 aromatic heterocycles. The van der Waals surface area contributed by atoms with Crippen LogP contribution in [0.5, 0.6) is 0 Å². The lowest BCUT2D eigenvalue weighted by Crippen LogP contribution is -2.42. The Morgan fingerprint density at radius 1 is 1.38 bits per heavy atom. The van der Waals surface area contributed by atoms with Crippen LogP contribution in [-0.2, 0) is 6.54 Å². The summed E-state index contributed by atoms with van der Waals surface area (Å²) in [6.45, 7) is 9.53. The predicted molar refractivity (Wildman–Crippen MR) is 101 cm³/mol. The number of hydrogen-bond donors (Lipinski definition) is 1. The highest BCUT2D eigenvalue weighted by Crippen LogP contribution is 2.22. The Bertz CT molecular complexity index is 769. The van der Waals surface area contributed by atoms with Crippen molar-refractivity contribution in [2.75, 3.05) is 11.9 Å². The zero-order chi connectivity index (χ0) is 18.7. The fraction of sp³-hybridized carbons (Fsp3) is 0.550. The van der Waals surface area contributed by atoms with Crippen molar-refractivity contribution in [2.24, 2.45) is 0 Å². The molecular weight excluding hydrogens is 328 g/mol. The van der Waals surface area contributed by atoms with Gasteiger partial charge in [-0.3, -0.25) is 4.79 Å². The molecule has 2 aromatic rings. The minimum Gasteiger partial charge on any atom is -0.376 e. The first kappa shape index (κ1) is 18.4. The van der Waals surface area contributed by atoms with Gasteiger partial charge in [0, 0.05) is 29.8 Å². The highest BCUT2D eigenvalue weighted by molar-refractivity contribution is 5.95. The standard InChI is InChI=1S/C20H28N4O2/c1-13(2)19-22-18(26-23-19)12-21-17-9-8-16(11-14(17)3)20(25)24-10-6-5-7-15(24)4/h8-9,11,13,15,21H,5-7,10,12H2,1-4H3/t15-/m0/s1. The van der Waals surface area contributed by atoms with Crippen molar-refractivity contribution in [1.29, 1.82) is 0 Å². The molecule has 1 fully saturated rings. The van der Waals surface area contributed by atoms with E-state index in [9.17, 15) is 4.79 Å². The van der Waals surface area contributed by atoms with E-state index < -0.39 is 0 Å². The molecule has 1 N–H and O–H groups in total. The maximum atomic E-state index is 12.8. The number of aromatic nitrogens is 2. The zero-order valence-electron chi connectivity index (χ0n) is 16.1. The van der Waals surface area contributed by atoms with Gasteiger partial charge in [0.2, 0.25) is 5.89 Å². The van der Waals surface area contributed by atoms with Gasteiger partial charge in [-0.05, 0) is 56.9 Å². The van der Waals surface area contributed by atoms with Crippen LogP contribution in [-0.4, -0.2) is 33.5 Å². The normalized spacial score (nSPS) is 17.6. The van der Waals surface area contributed by atoms with Crippen LogP contribution in [0.4, 0.5) is 5.69 Å². The van der Waals surface area contributed by atoms with Gasteiger partial charge in [-0.2, -0.15) is 4.98 Å². The molecule has 1 saturated heterocycles. The number of likely N-dealkylation sites (tertiary alicyclic amines) is 1. The molecule has 0 saturated carbocycles. The summed E-state index contributed by atoms with van der Waals surface area (Å²) in [6.07, 6.45) is 3.39. The van der Waals surface area contributed by atoms with Crippen molar-refractivity contribution in [3.63, 3.8) is 0 Å². The van der Waals surface area contributed by atoms with Crippen molar-refractivity contribution in [3.05, 3.63) is 41.0 Å². The van der Waals surface area contributed by atoms with Crippen LogP contribution in [0, 0.1) is 6.92 Å². The second-order valence-electron chi connectivity index (χ2n) is 7.43. The van der Waals surface area contributed by atoms with Crippen LogP contribution in [0.1, 0.15) is 73.6 Å². The third-order valence-corrected chi connectivity index (χ3v) is 4.97. The Labute approximate surface area is 155 Å². The van der Waals surface area contributed by atoms with Gasteiger partial charge in [-0.15, -0.1) is 0 Å². The van der Waals surface area contributed by atoms with Crippen molar-refractivity contribution in [3.8, 4) is 0 Å². The molecule has 6 nitrogen and oxygen atoms in total. The maximum absolute atomic E-state index is 12.8. The van der Waals surface area contributed by atoms with Gasteiger partial charge in [0.15, 0.2) is 5.82 Å². The van der Waals surface area contributed by atoms with Crippen LogP contribution >= 0.6 is 0 Å². The lowest BCUT2D eigenvalue weighted by molar-refractivity contribution is 0.0635. The summed E-state index contributed by atoms with van der Waals surface area (Å²) in [5.74, 6) is 1.66. The molecule has 0 radical (unpaired) electrons. The molecule has 1 aromatic carbocycles. The van der Waals surface area contributed by atoms with Gasteiger partial charge in [0.1, 0.15) is 0 Å². The van der Waals surface area contributed by atoms with Crippen LogP contribution in [0.3, 0.4) is 0 Å². The van der Waals surface area contributed by atoms with Crippen LogP contribution in [0.15, 0.2) is 22.7 Å². The molecular formula is C20H28N4O2. The number of nitrogens with one attached hydrogen (secondary N) is 1. The Kier molecular flexibility index (Phi) is 5.59. The lowest BCUT2D eigenvalue weighted by atomic mass is 10.0. The Morgan fingerprint density at radius 3 is 2.85 bits per heavy atom. The first-order chi connectivity index (χ1) is 12.5. The maximum Gasteiger partial charge on any atom is 0.254 e. The number of hydrogen-bond acceptors (Lipinski definition) is 5. The Morgan fingerprint density at radius 2 is 2.19 bits per heavy atom. The molecule has 1 atom stereocenters. The van der Waals surface area contributed by atoms with Crippen LogP contribution in [0.2, 0.25) is 0 Å². The molecule has 0 aliphatic carbocycles. The monoisotopic (exact) mass is 356 g/mol. The highest BCUT2D eigenvalue weighted by atomic mass is 16.5. The number of carbonyl (C=O) groups excluding carboxylic acids is 1. The largest absolute Gasteiger partial charge is 0.376 e. The molecule has 3 rings (SSSR count). The number of nitrogens with zero attached hydrogens (tertiary/aromatic N) is 3. The second kappa shape index (κ2) is 7.89. The van der Waals surface area contributed by atoms with Gasteiger partial charge in [-0.25, -0.2) is 0 Å². The van der Waals surface area contributed by atoms with Crippen molar-refractivity contribution >= 4 is 11.6 Å². The van der Waals surface area contributed by atoms with Gasteiger partial charge in [0.25, 0.3) is 5.91 Å².